The van der Waals surface area contributed by atoms with Crippen molar-refractivity contribution in [1.82, 2.24) is 15.1 Å². The summed E-state index contributed by atoms with van der Waals surface area (Å²) in [6.07, 6.45) is 0. The first kappa shape index (κ1) is 16.8. The highest BCUT2D eigenvalue weighted by molar-refractivity contribution is 6.33. The molecule has 0 aliphatic heterocycles. The number of aliphatic hydroxyl groups is 1. The maximum atomic E-state index is 12.4. The summed E-state index contributed by atoms with van der Waals surface area (Å²) in [4.78, 5) is 34.7. The fraction of sp³-hybridized carbons (Fsp3) is 0.308. The van der Waals surface area contributed by atoms with Gasteiger partial charge in [0.25, 0.3) is 11.6 Å². The van der Waals surface area contributed by atoms with Gasteiger partial charge in [-0.25, -0.2) is 0 Å². The maximum Gasteiger partial charge on any atom is 0.288 e. The van der Waals surface area contributed by atoms with Crippen molar-refractivity contribution in [2.75, 3.05) is 13.2 Å². The van der Waals surface area contributed by atoms with Gasteiger partial charge in [0.15, 0.2) is 5.69 Å². The second-order valence-electron chi connectivity index (χ2n) is 4.55. The lowest BCUT2D eigenvalue weighted by molar-refractivity contribution is -0.384. The van der Waals surface area contributed by atoms with Crippen molar-refractivity contribution in [3.05, 3.63) is 43.2 Å². The van der Waals surface area contributed by atoms with Gasteiger partial charge in [0.1, 0.15) is 5.02 Å². The summed E-state index contributed by atoms with van der Waals surface area (Å²) in [6, 6.07) is 2.32. The normalized spacial score (nSPS) is 10.7. The number of nitro groups is 1. The number of benzene rings is 1. The summed E-state index contributed by atoms with van der Waals surface area (Å²) in [7, 11) is 0. The van der Waals surface area contributed by atoms with Gasteiger partial charge in [0.2, 0.25) is 5.43 Å². The SMILES string of the molecule is CCn1nc(C(=O)NCCO)c(=O)c2cc([N+](=O)[O-])c(Cl)cc21. The number of hydrogen-bond acceptors (Lipinski definition) is 6. The molecule has 2 N–H and O–H groups in total. The average molecular weight is 341 g/mol. The number of aromatic nitrogens is 2. The molecule has 2 aromatic rings. The Balaban J connectivity index is 2.75. The Bertz CT molecular complexity index is 848. The zero-order valence-corrected chi connectivity index (χ0v) is 12.8. The first-order chi connectivity index (χ1) is 10.9. The van der Waals surface area contributed by atoms with Gasteiger partial charge in [-0.15, -0.1) is 0 Å². The number of amides is 1. The number of rotatable bonds is 5. The standard InChI is InChI=1S/C13H13ClN4O5/c1-2-17-9-6-8(14)10(18(22)23)5-7(9)12(20)11(16-17)13(21)15-3-4-19/h5-6,19H,2-4H2,1H3,(H,15,21). The fourth-order valence-corrected chi connectivity index (χ4v) is 2.30. The molecule has 1 aromatic heterocycles. The van der Waals surface area contributed by atoms with Crippen LogP contribution in [0.25, 0.3) is 10.9 Å². The molecule has 122 valence electrons. The molecule has 0 atom stereocenters. The molecule has 0 aliphatic carbocycles. The molecule has 2 rings (SSSR count). The highest BCUT2D eigenvalue weighted by atomic mass is 35.5. The number of hydrogen-bond donors (Lipinski definition) is 2. The minimum atomic E-state index is -0.759. The first-order valence-corrected chi connectivity index (χ1v) is 7.06. The molecular weight excluding hydrogens is 328 g/mol. The molecule has 0 spiro atoms. The van der Waals surface area contributed by atoms with Crippen LogP contribution in [0.2, 0.25) is 5.02 Å². The van der Waals surface area contributed by atoms with Crippen LogP contribution in [0, 0.1) is 10.1 Å². The Morgan fingerprint density at radius 2 is 2.22 bits per heavy atom. The van der Waals surface area contributed by atoms with Crippen molar-refractivity contribution in [2.24, 2.45) is 0 Å². The molecule has 9 nitrogen and oxygen atoms in total. The quantitative estimate of drug-likeness (QED) is 0.609. The van der Waals surface area contributed by atoms with Gasteiger partial charge in [0, 0.05) is 19.2 Å². The van der Waals surface area contributed by atoms with Gasteiger partial charge in [-0.1, -0.05) is 11.6 Å². The summed E-state index contributed by atoms with van der Waals surface area (Å²) in [6.45, 7) is 1.74. The second-order valence-corrected chi connectivity index (χ2v) is 4.96. The smallest absolute Gasteiger partial charge is 0.288 e. The van der Waals surface area contributed by atoms with E-state index in [-0.39, 0.29) is 23.6 Å². The zero-order chi connectivity index (χ0) is 17.1. The lowest BCUT2D eigenvalue weighted by atomic mass is 10.1. The van der Waals surface area contributed by atoms with Crippen LogP contribution in [-0.2, 0) is 6.54 Å². The van der Waals surface area contributed by atoms with E-state index in [0.717, 1.165) is 6.07 Å². The number of carbonyl (C=O) groups is 1. The molecule has 1 aromatic carbocycles. The summed E-state index contributed by atoms with van der Waals surface area (Å²) >= 11 is 5.86. The molecule has 0 radical (unpaired) electrons. The molecule has 0 saturated carbocycles. The van der Waals surface area contributed by atoms with Crippen LogP contribution >= 0.6 is 11.6 Å². The molecule has 0 aliphatic rings. The van der Waals surface area contributed by atoms with E-state index in [0.29, 0.717) is 12.1 Å². The van der Waals surface area contributed by atoms with Crippen LogP contribution in [0.1, 0.15) is 17.4 Å². The third kappa shape index (κ3) is 3.15. The van der Waals surface area contributed by atoms with Crippen LogP contribution in [0.3, 0.4) is 0 Å². The van der Waals surface area contributed by atoms with E-state index in [1.165, 1.54) is 10.7 Å². The number of nitrogens with zero attached hydrogens (tertiary/aromatic N) is 3. The Labute approximate surface area is 134 Å². The van der Waals surface area contributed by atoms with Crippen LogP contribution in [0.15, 0.2) is 16.9 Å². The van der Waals surface area contributed by atoms with Crippen molar-refractivity contribution >= 4 is 34.1 Å². The molecule has 23 heavy (non-hydrogen) atoms. The molecule has 1 amide bonds. The Morgan fingerprint density at radius 1 is 1.52 bits per heavy atom. The first-order valence-electron chi connectivity index (χ1n) is 6.68. The summed E-state index contributed by atoms with van der Waals surface area (Å²) in [5.41, 5.74) is -1.26. The monoisotopic (exact) mass is 340 g/mol. The zero-order valence-electron chi connectivity index (χ0n) is 12.1. The van der Waals surface area contributed by atoms with E-state index in [1.54, 1.807) is 6.92 Å². The highest BCUT2D eigenvalue weighted by Gasteiger charge is 2.21. The number of halogens is 1. The van der Waals surface area contributed by atoms with Crippen LogP contribution in [0.5, 0.6) is 0 Å². The Kier molecular flexibility index (Phi) is 4.92. The molecule has 0 unspecified atom stereocenters. The van der Waals surface area contributed by atoms with Gasteiger partial charge >= 0.3 is 0 Å². The minimum Gasteiger partial charge on any atom is -0.395 e. The molecule has 10 heteroatoms. The molecule has 1 heterocycles. The largest absolute Gasteiger partial charge is 0.395 e. The van der Waals surface area contributed by atoms with Crippen molar-refractivity contribution in [3.8, 4) is 0 Å². The van der Waals surface area contributed by atoms with Gasteiger partial charge < -0.3 is 10.4 Å². The lowest BCUT2D eigenvalue weighted by Gasteiger charge is -2.10. The van der Waals surface area contributed by atoms with Crippen molar-refractivity contribution in [3.63, 3.8) is 0 Å². The third-order valence-electron chi connectivity index (χ3n) is 3.13. The van der Waals surface area contributed by atoms with Gasteiger partial charge in [-0.2, -0.15) is 5.10 Å². The van der Waals surface area contributed by atoms with Crippen LogP contribution in [-0.4, -0.2) is 38.9 Å². The Morgan fingerprint density at radius 3 is 2.78 bits per heavy atom. The third-order valence-corrected chi connectivity index (χ3v) is 3.44. The minimum absolute atomic E-state index is 0.0212. The molecular formula is C13H13ClN4O5. The van der Waals surface area contributed by atoms with Gasteiger partial charge in [-0.3, -0.25) is 24.4 Å². The summed E-state index contributed by atoms with van der Waals surface area (Å²) < 4.78 is 1.36. The lowest BCUT2D eigenvalue weighted by Crippen LogP contribution is -2.33. The van der Waals surface area contributed by atoms with E-state index < -0.39 is 27.6 Å². The number of aryl methyl sites for hydroxylation is 1. The predicted molar refractivity (Wildman–Crippen MR) is 82.8 cm³/mol. The molecule has 0 fully saturated rings. The second kappa shape index (κ2) is 6.71. The fourth-order valence-electron chi connectivity index (χ4n) is 2.08. The average Bonchev–Trinajstić information content (AvgIpc) is 2.52. The van der Waals surface area contributed by atoms with Crippen LogP contribution < -0.4 is 10.7 Å². The topological polar surface area (TPSA) is 127 Å². The van der Waals surface area contributed by atoms with Crippen LogP contribution in [0.4, 0.5) is 5.69 Å². The number of aliphatic hydroxyl groups excluding tert-OH is 1. The van der Waals surface area contributed by atoms with E-state index in [2.05, 4.69) is 10.4 Å². The van der Waals surface area contributed by atoms with Crippen molar-refractivity contribution < 1.29 is 14.8 Å². The molecule has 0 bridgehead atoms. The number of nitro benzene ring substituents is 1. The van der Waals surface area contributed by atoms with Crippen molar-refractivity contribution in [2.45, 2.75) is 13.5 Å². The van der Waals surface area contributed by atoms with Gasteiger partial charge in [-0.05, 0) is 13.0 Å². The summed E-state index contributed by atoms with van der Waals surface area (Å²) in [5, 5.41) is 25.9. The molecule has 0 saturated heterocycles. The van der Waals surface area contributed by atoms with E-state index in [1.807, 2.05) is 0 Å². The summed E-state index contributed by atoms with van der Waals surface area (Å²) in [5.74, 6) is -0.759. The number of fused-ring (bicyclic) bond motifs is 1. The van der Waals surface area contributed by atoms with E-state index in [9.17, 15) is 19.7 Å². The van der Waals surface area contributed by atoms with Gasteiger partial charge in [0.05, 0.1) is 22.4 Å². The van der Waals surface area contributed by atoms with E-state index in [4.69, 9.17) is 16.7 Å². The van der Waals surface area contributed by atoms with Crippen molar-refractivity contribution in [1.29, 1.82) is 0 Å². The van der Waals surface area contributed by atoms with E-state index >= 15 is 0 Å². The highest BCUT2D eigenvalue weighted by Crippen LogP contribution is 2.28. The predicted octanol–water partition coefficient (Wildman–Crippen LogP) is 0.700. The Hall–Kier alpha value is -2.52. The number of nitrogens with one attached hydrogen (secondary N) is 1. The maximum absolute atomic E-state index is 12.4. The number of carbonyl (C=O) groups excluding carboxylic acids is 1.